The molecule has 0 fully saturated rings. The lowest BCUT2D eigenvalue weighted by Gasteiger charge is -2.09. The molecule has 0 heterocycles. The number of aryl methyl sites for hydroxylation is 1. The first-order valence-electron chi connectivity index (χ1n) is 6.86. The maximum atomic E-state index is 12.2. The van der Waals surface area contributed by atoms with Gasteiger partial charge in [0.2, 0.25) is 0 Å². The predicted octanol–water partition coefficient (Wildman–Crippen LogP) is 2.93. The van der Waals surface area contributed by atoms with Crippen LogP contribution in [0.15, 0.2) is 53.4 Å². The molecular weight excluding hydrogens is 286 g/mol. The van der Waals surface area contributed by atoms with Crippen molar-refractivity contribution in [2.45, 2.75) is 31.3 Å². The summed E-state index contributed by atoms with van der Waals surface area (Å²) >= 11 is 0. The molecule has 0 aliphatic rings. The van der Waals surface area contributed by atoms with Gasteiger partial charge in [-0.05, 0) is 41.8 Å². The van der Waals surface area contributed by atoms with Crippen molar-refractivity contribution in [2.75, 3.05) is 4.72 Å². The van der Waals surface area contributed by atoms with Crippen molar-refractivity contribution in [2.24, 2.45) is 0 Å². The minimum Gasteiger partial charge on any atom is -0.392 e. The molecule has 2 aromatic rings. The SMILES string of the molecule is CCCc1ccc(NS(=O)(=O)c2ccc(CO)cc2)cc1. The van der Waals surface area contributed by atoms with Crippen LogP contribution in [0.3, 0.4) is 0 Å². The number of benzene rings is 2. The molecule has 2 aromatic carbocycles. The molecule has 0 atom stereocenters. The zero-order valence-corrected chi connectivity index (χ0v) is 12.7. The van der Waals surface area contributed by atoms with Crippen LogP contribution in [0, 0.1) is 0 Å². The van der Waals surface area contributed by atoms with Gasteiger partial charge >= 0.3 is 0 Å². The van der Waals surface area contributed by atoms with E-state index in [4.69, 9.17) is 5.11 Å². The van der Waals surface area contributed by atoms with Crippen LogP contribution >= 0.6 is 0 Å². The number of hydrogen-bond acceptors (Lipinski definition) is 3. The summed E-state index contributed by atoms with van der Waals surface area (Å²) in [6, 6.07) is 13.6. The van der Waals surface area contributed by atoms with Crippen LogP contribution in [-0.4, -0.2) is 13.5 Å². The van der Waals surface area contributed by atoms with E-state index in [1.54, 1.807) is 24.3 Å². The molecule has 21 heavy (non-hydrogen) atoms. The van der Waals surface area contributed by atoms with Crippen molar-refractivity contribution in [1.29, 1.82) is 0 Å². The lowest BCUT2D eigenvalue weighted by Crippen LogP contribution is -2.12. The largest absolute Gasteiger partial charge is 0.392 e. The fourth-order valence-electron chi connectivity index (χ4n) is 2.02. The Hall–Kier alpha value is -1.85. The minimum atomic E-state index is -3.60. The number of rotatable bonds is 6. The van der Waals surface area contributed by atoms with Crippen LogP contribution in [-0.2, 0) is 23.1 Å². The zero-order chi connectivity index (χ0) is 15.3. The van der Waals surface area contributed by atoms with Crippen LogP contribution in [0.2, 0.25) is 0 Å². The van der Waals surface area contributed by atoms with Crippen molar-refractivity contribution in [3.05, 3.63) is 59.7 Å². The molecule has 0 amide bonds. The van der Waals surface area contributed by atoms with Gasteiger partial charge in [-0.25, -0.2) is 8.42 Å². The van der Waals surface area contributed by atoms with Gasteiger partial charge in [0, 0.05) is 5.69 Å². The van der Waals surface area contributed by atoms with Gasteiger partial charge in [0.05, 0.1) is 11.5 Å². The van der Waals surface area contributed by atoms with Gasteiger partial charge in [0.15, 0.2) is 0 Å². The van der Waals surface area contributed by atoms with Crippen molar-refractivity contribution >= 4 is 15.7 Å². The first-order chi connectivity index (χ1) is 10.0. The van der Waals surface area contributed by atoms with Gasteiger partial charge in [0.1, 0.15) is 0 Å². The predicted molar refractivity (Wildman–Crippen MR) is 83.6 cm³/mol. The average Bonchev–Trinajstić information content (AvgIpc) is 2.49. The first kappa shape index (κ1) is 15.5. The maximum Gasteiger partial charge on any atom is 0.261 e. The summed E-state index contributed by atoms with van der Waals surface area (Å²) in [4.78, 5) is 0.178. The molecule has 0 aliphatic heterocycles. The Labute approximate surface area is 125 Å². The third-order valence-corrected chi connectivity index (χ3v) is 4.56. The van der Waals surface area contributed by atoms with Crippen LogP contribution in [0.5, 0.6) is 0 Å². The first-order valence-corrected chi connectivity index (χ1v) is 8.35. The average molecular weight is 305 g/mol. The van der Waals surface area contributed by atoms with Crippen LogP contribution in [0.4, 0.5) is 5.69 Å². The van der Waals surface area contributed by atoms with Crippen LogP contribution in [0.25, 0.3) is 0 Å². The second-order valence-electron chi connectivity index (χ2n) is 4.85. The minimum absolute atomic E-state index is 0.105. The number of aliphatic hydroxyl groups excluding tert-OH is 1. The van der Waals surface area contributed by atoms with Gasteiger partial charge < -0.3 is 5.11 Å². The van der Waals surface area contributed by atoms with Gasteiger partial charge in [-0.15, -0.1) is 0 Å². The molecule has 5 heteroatoms. The van der Waals surface area contributed by atoms with E-state index in [1.807, 2.05) is 12.1 Å². The van der Waals surface area contributed by atoms with Crippen molar-refractivity contribution in [1.82, 2.24) is 0 Å². The van der Waals surface area contributed by atoms with Crippen LogP contribution < -0.4 is 4.72 Å². The molecule has 0 unspecified atom stereocenters. The summed E-state index contributed by atoms with van der Waals surface area (Å²) in [6.07, 6.45) is 2.04. The Morgan fingerprint density at radius 3 is 2.05 bits per heavy atom. The zero-order valence-electron chi connectivity index (χ0n) is 11.9. The maximum absolute atomic E-state index is 12.2. The topological polar surface area (TPSA) is 66.4 Å². The van der Waals surface area contributed by atoms with Crippen molar-refractivity contribution in [3.8, 4) is 0 Å². The van der Waals surface area contributed by atoms with E-state index in [0.717, 1.165) is 12.8 Å². The Morgan fingerprint density at radius 1 is 0.952 bits per heavy atom. The number of hydrogen-bond donors (Lipinski definition) is 2. The lowest BCUT2D eigenvalue weighted by atomic mass is 10.1. The summed E-state index contributed by atoms with van der Waals surface area (Å²) < 4.78 is 27.0. The third-order valence-electron chi connectivity index (χ3n) is 3.16. The van der Waals surface area contributed by atoms with E-state index >= 15 is 0 Å². The highest BCUT2D eigenvalue weighted by Crippen LogP contribution is 2.17. The normalized spacial score (nSPS) is 11.3. The monoisotopic (exact) mass is 305 g/mol. The smallest absolute Gasteiger partial charge is 0.261 e. The van der Waals surface area contributed by atoms with Gasteiger partial charge in [0.25, 0.3) is 10.0 Å². The summed E-state index contributed by atoms with van der Waals surface area (Å²) in [5.74, 6) is 0. The van der Waals surface area contributed by atoms with E-state index < -0.39 is 10.0 Å². The standard InChI is InChI=1S/C16H19NO3S/c1-2-3-13-4-8-15(9-5-13)17-21(19,20)16-10-6-14(12-18)7-11-16/h4-11,17-18H,2-3,12H2,1H3. The van der Waals surface area contributed by atoms with Crippen molar-refractivity contribution < 1.29 is 13.5 Å². The molecule has 0 bridgehead atoms. The Kier molecular flexibility index (Phi) is 4.98. The van der Waals surface area contributed by atoms with Gasteiger partial charge in [-0.1, -0.05) is 37.6 Å². The summed E-state index contributed by atoms with van der Waals surface area (Å²) in [5.41, 5.74) is 2.41. The van der Waals surface area contributed by atoms with E-state index in [-0.39, 0.29) is 11.5 Å². The molecule has 0 aromatic heterocycles. The molecule has 2 rings (SSSR count). The number of anilines is 1. The van der Waals surface area contributed by atoms with E-state index in [0.29, 0.717) is 11.3 Å². The second-order valence-corrected chi connectivity index (χ2v) is 6.54. The van der Waals surface area contributed by atoms with E-state index in [1.165, 1.54) is 17.7 Å². The Morgan fingerprint density at radius 2 is 1.52 bits per heavy atom. The van der Waals surface area contributed by atoms with Gasteiger partial charge in [-0.3, -0.25) is 4.72 Å². The molecule has 0 saturated carbocycles. The highest BCUT2D eigenvalue weighted by Gasteiger charge is 2.13. The number of aliphatic hydroxyl groups is 1. The quantitative estimate of drug-likeness (QED) is 0.862. The fourth-order valence-corrected chi connectivity index (χ4v) is 3.07. The Bertz CT molecular complexity index is 676. The fraction of sp³-hybridized carbons (Fsp3) is 0.250. The molecule has 4 nitrogen and oxygen atoms in total. The molecule has 2 N–H and O–H groups in total. The van der Waals surface area contributed by atoms with E-state index in [2.05, 4.69) is 11.6 Å². The lowest BCUT2D eigenvalue weighted by molar-refractivity contribution is 0.282. The Balaban J connectivity index is 2.16. The highest BCUT2D eigenvalue weighted by molar-refractivity contribution is 7.92. The molecule has 0 aliphatic carbocycles. The summed E-state index contributed by atoms with van der Waals surface area (Å²) in [7, 11) is -3.60. The second kappa shape index (κ2) is 6.74. The number of nitrogens with one attached hydrogen (secondary N) is 1. The molecule has 0 spiro atoms. The van der Waals surface area contributed by atoms with E-state index in [9.17, 15) is 8.42 Å². The molecule has 112 valence electrons. The third kappa shape index (κ3) is 4.06. The van der Waals surface area contributed by atoms with Crippen LogP contribution in [0.1, 0.15) is 24.5 Å². The molecule has 0 radical (unpaired) electrons. The molecular formula is C16H19NO3S. The summed E-state index contributed by atoms with van der Waals surface area (Å²) in [6.45, 7) is 2.00. The van der Waals surface area contributed by atoms with Crippen molar-refractivity contribution in [3.63, 3.8) is 0 Å². The van der Waals surface area contributed by atoms with Gasteiger partial charge in [-0.2, -0.15) is 0 Å². The molecule has 0 saturated heterocycles. The number of sulfonamides is 1. The highest BCUT2D eigenvalue weighted by atomic mass is 32.2. The summed E-state index contributed by atoms with van der Waals surface area (Å²) in [5, 5.41) is 8.97.